The van der Waals surface area contributed by atoms with Crippen LogP contribution in [0, 0.1) is 10.1 Å². The molecule has 0 N–H and O–H groups in total. The third kappa shape index (κ3) is 2.24. The van der Waals surface area contributed by atoms with E-state index in [9.17, 15) is 18.5 Å². The van der Waals surface area contributed by atoms with Gasteiger partial charge in [-0.3, -0.25) is 10.1 Å². The Morgan fingerprint density at radius 1 is 1.50 bits per heavy atom. The summed E-state index contributed by atoms with van der Waals surface area (Å²) in [6, 6.07) is 4.06. The largest absolute Gasteiger partial charge is 0.270 e. The van der Waals surface area contributed by atoms with E-state index in [0.717, 1.165) is 11.3 Å². The van der Waals surface area contributed by atoms with E-state index in [1.807, 2.05) is 0 Å². The van der Waals surface area contributed by atoms with E-state index in [-0.39, 0.29) is 15.8 Å². The second-order valence-corrected chi connectivity index (χ2v) is 6.70. The van der Waals surface area contributed by atoms with Gasteiger partial charge >= 0.3 is 0 Å². The van der Waals surface area contributed by atoms with Crippen molar-refractivity contribution in [3.05, 3.63) is 41.0 Å². The van der Waals surface area contributed by atoms with Crippen LogP contribution < -0.4 is 0 Å². The molecule has 0 saturated heterocycles. The summed E-state index contributed by atoms with van der Waals surface area (Å²) in [6.45, 7) is 3.37. The van der Waals surface area contributed by atoms with Gasteiger partial charge in [0.05, 0.1) is 20.9 Å². The average Bonchev–Trinajstić information content (AvgIpc) is 2.71. The van der Waals surface area contributed by atoms with Crippen LogP contribution in [0.3, 0.4) is 0 Å². The Morgan fingerprint density at radius 2 is 2.22 bits per heavy atom. The summed E-state index contributed by atoms with van der Waals surface area (Å²) >= 11 is 0.924. The third-order valence-electron chi connectivity index (χ3n) is 2.17. The lowest BCUT2D eigenvalue weighted by Crippen LogP contribution is -2.03. The fraction of sp³-hybridized carbons (Fsp3) is 0.100. The lowest BCUT2D eigenvalue weighted by molar-refractivity contribution is -0.384. The number of rotatable bonds is 4. The summed E-state index contributed by atoms with van der Waals surface area (Å²) in [4.78, 5) is 14.0. The van der Waals surface area contributed by atoms with Crippen molar-refractivity contribution in [2.24, 2.45) is 0 Å². The van der Waals surface area contributed by atoms with E-state index in [2.05, 4.69) is 11.6 Å². The highest BCUT2D eigenvalue weighted by Crippen LogP contribution is 2.29. The molecule has 1 aromatic carbocycles. The summed E-state index contributed by atoms with van der Waals surface area (Å²) in [5.41, 5.74) is 0.354. The molecule has 0 fully saturated rings. The minimum atomic E-state index is -3.49. The van der Waals surface area contributed by atoms with Crippen molar-refractivity contribution in [2.75, 3.05) is 5.75 Å². The molecule has 6 nitrogen and oxygen atoms in total. The Labute approximate surface area is 107 Å². The van der Waals surface area contributed by atoms with Crippen LogP contribution in [-0.2, 0) is 9.84 Å². The number of nitro groups is 1. The number of sulfone groups is 1. The first kappa shape index (κ1) is 12.7. The second-order valence-electron chi connectivity index (χ2n) is 3.46. The second kappa shape index (κ2) is 4.46. The Hall–Kier alpha value is -1.80. The fourth-order valence-corrected chi connectivity index (χ4v) is 3.77. The molecule has 0 unspecified atom stereocenters. The third-order valence-corrected chi connectivity index (χ3v) is 5.29. The van der Waals surface area contributed by atoms with Gasteiger partial charge < -0.3 is 0 Å². The summed E-state index contributed by atoms with van der Waals surface area (Å²) < 4.78 is 24.0. The zero-order valence-corrected chi connectivity index (χ0v) is 10.7. The van der Waals surface area contributed by atoms with Gasteiger partial charge in [0.25, 0.3) is 5.69 Å². The Morgan fingerprint density at radius 3 is 2.83 bits per heavy atom. The highest BCUT2D eigenvalue weighted by molar-refractivity contribution is 7.93. The number of nitro benzene ring substituents is 1. The first-order valence-corrected chi connectivity index (χ1v) is 7.29. The molecule has 18 heavy (non-hydrogen) atoms. The van der Waals surface area contributed by atoms with Crippen LogP contribution >= 0.6 is 11.3 Å². The van der Waals surface area contributed by atoms with E-state index >= 15 is 0 Å². The van der Waals surface area contributed by atoms with Gasteiger partial charge in [0.15, 0.2) is 0 Å². The monoisotopic (exact) mass is 284 g/mol. The van der Waals surface area contributed by atoms with E-state index in [1.165, 1.54) is 24.3 Å². The van der Waals surface area contributed by atoms with Gasteiger partial charge in [0.2, 0.25) is 14.2 Å². The zero-order chi connectivity index (χ0) is 13.3. The zero-order valence-electron chi connectivity index (χ0n) is 9.07. The Bertz CT molecular complexity index is 733. The minimum Gasteiger partial charge on any atom is -0.258 e. The summed E-state index contributed by atoms with van der Waals surface area (Å²) in [5.74, 6) is -0.199. The van der Waals surface area contributed by atoms with Crippen LogP contribution in [-0.4, -0.2) is 24.1 Å². The molecule has 0 aliphatic carbocycles. The van der Waals surface area contributed by atoms with Crippen molar-refractivity contribution >= 4 is 37.1 Å². The van der Waals surface area contributed by atoms with Crippen LogP contribution in [0.4, 0.5) is 5.69 Å². The molecule has 0 saturated carbocycles. The van der Waals surface area contributed by atoms with E-state index in [4.69, 9.17) is 0 Å². The number of fused-ring (bicyclic) bond motifs is 1. The number of benzene rings is 1. The Balaban J connectivity index is 2.57. The lowest BCUT2D eigenvalue weighted by Gasteiger charge is -1.92. The molecule has 0 atom stereocenters. The molecule has 0 radical (unpaired) electrons. The number of nitrogens with zero attached hydrogens (tertiary/aromatic N) is 2. The predicted octanol–water partition coefficient (Wildman–Crippen LogP) is 2.16. The summed E-state index contributed by atoms with van der Waals surface area (Å²) in [5, 5.41) is 10.6. The molecule has 8 heteroatoms. The van der Waals surface area contributed by atoms with Gasteiger partial charge in [-0.2, -0.15) is 0 Å². The van der Waals surface area contributed by atoms with E-state index < -0.39 is 14.8 Å². The number of aromatic nitrogens is 1. The van der Waals surface area contributed by atoms with Crippen LogP contribution in [0.25, 0.3) is 10.2 Å². The summed E-state index contributed by atoms with van der Waals surface area (Å²) in [6.07, 6.45) is 1.28. The quantitative estimate of drug-likeness (QED) is 0.487. The standard InChI is InChI=1S/C10H8N2O4S2/c1-2-5-18(15,16)10-11-8-4-3-7(12(13)14)6-9(8)17-10/h2-4,6H,1,5H2. The number of thiazole rings is 1. The summed E-state index contributed by atoms with van der Waals surface area (Å²) in [7, 11) is -3.49. The van der Waals surface area contributed by atoms with Crippen molar-refractivity contribution in [1.82, 2.24) is 4.98 Å². The molecular weight excluding hydrogens is 276 g/mol. The lowest BCUT2D eigenvalue weighted by atomic mass is 10.3. The molecule has 2 rings (SSSR count). The molecule has 0 spiro atoms. The van der Waals surface area contributed by atoms with Crippen LogP contribution in [0.15, 0.2) is 35.2 Å². The maximum Gasteiger partial charge on any atom is 0.270 e. The average molecular weight is 284 g/mol. The smallest absolute Gasteiger partial charge is 0.258 e. The number of non-ortho nitro benzene ring substituents is 1. The van der Waals surface area contributed by atoms with Crippen molar-refractivity contribution < 1.29 is 13.3 Å². The topological polar surface area (TPSA) is 90.2 Å². The highest BCUT2D eigenvalue weighted by atomic mass is 32.2. The molecular formula is C10H8N2O4S2. The molecule has 1 heterocycles. The SMILES string of the molecule is C=CCS(=O)(=O)c1nc2ccc([N+](=O)[O-])cc2s1. The van der Waals surface area contributed by atoms with Gasteiger partial charge in [0, 0.05) is 12.1 Å². The van der Waals surface area contributed by atoms with Crippen molar-refractivity contribution in [2.45, 2.75) is 4.34 Å². The number of hydrogen-bond donors (Lipinski definition) is 0. The molecule has 2 aromatic rings. The van der Waals surface area contributed by atoms with E-state index in [1.54, 1.807) is 0 Å². The molecule has 94 valence electrons. The van der Waals surface area contributed by atoms with Crippen molar-refractivity contribution in [3.8, 4) is 0 Å². The van der Waals surface area contributed by atoms with Gasteiger partial charge in [-0.05, 0) is 6.07 Å². The van der Waals surface area contributed by atoms with Crippen LogP contribution in [0.5, 0.6) is 0 Å². The first-order valence-electron chi connectivity index (χ1n) is 4.82. The minimum absolute atomic E-state index is 0.0436. The van der Waals surface area contributed by atoms with Gasteiger partial charge in [-0.1, -0.05) is 6.08 Å². The molecule has 0 bridgehead atoms. The maximum absolute atomic E-state index is 11.8. The molecule has 1 aromatic heterocycles. The molecule has 0 aliphatic rings. The normalized spacial score (nSPS) is 11.6. The van der Waals surface area contributed by atoms with Crippen molar-refractivity contribution in [3.63, 3.8) is 0 Å². The molecule has 0 aliphatic heterocycles. The van der Waals surface area contributed by atoms with Crippen LogP contribution in [0.2, 0.25) is 0 Å². The maximum atomic E-state index is 11.8. The first-order chi connectivity index (χ1) is 8.44. The van der Waals surface area contributed by atoms with Gasteiger partial charge in [-0.25, -0.2) is 13.4 Å². The van der Waals surface area contributed by atoms with E-state index in [0.29, 0.717) is 10.2 Å². The van der Waals surface area contributed by atoms with Gasteiger partial charge in [0.1, 0.15) is 0 Å². The predicted molar refractivity (Wildman–Crippen MR) is 68.5 cm³/mol. The molecule has 0 amide bonds. The number of hydrogen-bond acceptors (Lipinski definition) is 6. The Kier molecular flexibility index (Phi) is 3.14. The van der Waals surface area contributed by atoms with Gasteiger partial charge in [-0.15, -0.1) is 17.9 Å². The highest BCUT2D eigenvalue weighted by Gasteiger charge is 2.19. The van der Waals surface area contributed by atoms with Crippen molar-refractivity contribution in [1.29, 1.82) is 0 Å². The van der Waals surface area contributed by atoms with Crippen LogP contribution in [0.1, 0.15) is 0 Å². The fourth-order valence-electron chi connectivity index (χ4n) is 1.37.